The van der Waals surface area contributed by atoms with E-state index in [4.69, 9.17) is 5.73 Å². The molecule has 6 heteroatoms. The first-order chi connectivity index (χ1) is 5.63. The molecule has 0 bridgehead atoms. The molecule has 0 amide bonds. The van der Waals surface area contributed by atoms with Crippen molar-refractivity contribution in [1.29, 1.82) is 0 Å². The van der Waals surface area contributed by atoms with Gasteiger partial charge in [-0.05, 0) is 0 Å². The van der Waals surface area contributed by atoms with Crippen molar-refractivity contribution in [2.24, 2.45) is 5.73 Å². The molecule has 0 saturated heterocycles. The number of H-pyrrole nitrogens is 2. The molecule has 1 rings (SSSR count). The van der Waals surface area contributed by atoms with E-state index in [2.05, 4.69) is 9.97 Å². The quantitative estimate of drug-likeness (QED) is 0.503. The van der Waals surface area contributed by atoms with Gasteiger partial charge in [-0.3, -0.25) is 9.97 Å². The Morgan fingerprint density at radius 3 is 2.67 bits per heavy atom. The van der Waals surface area contributed by atoms with Crippen LogP contribution >= 0.6 is 0 Å². The molecule has 0 aliphatic heterocycles. The lowest BCUT2D eigenvalue weighted by atomic mass is 10.2. The highest BCUT2D eigenvalue weighted by Gasteiger charge is 2.06. The first-order valence-electron chi connectivity index (χ1n) is 3.54. The van der Waals surface area contributed by atoms with E-state index < -0.39 is 11.4 Å². The third-order valence-electron chi connectivity index (χ3n) is 1.50. The maximum absolute atomic E-state index is 10.7. The van der Waals surface area contributed by atoms with E-state index in [0.717, 1.165) is 0 Å². The molecule has 1 aromatic heterocycles. The fraction of sp³-hybridized carbons (Fsp3) is 0.500. The molecule has 1 unspecified atom stereocenters. The second kappa shape index (κ2) is 3.31. The van der Waals surface area contributed by atoms with Crippen LogP contribution in [0.2, 0.25) is 0 Å². The number of rotatable bonds is 2. The Labute approximate surface area is 67.8 Å². The highest BCUT2D eigenvalue weighted by Crippen LogP contribution is 2.02. The first-order valence-corrected chi connectivity index (χ1v) is 3.54. The zero-order chi connectivity index (χ0) is 9.14. The summed E-state index contributed by atoms with van der Waals surface area (Å²) >= 11 is 0. The minimum Gasteiger partial charge on any atom is -0.330 e. The van der Waals surface area contributed by atoms with Crippen molar-refractivity contribution >= 4 is 0 Å². The molecule has 12 heavy (non-hydrogen) atoms. The predicted octanol–water partition coefficient (Wildman–Crippen LogP) is -1.48. The van der Waals surface area contributed by atoms with Crippen LogP contribution in [-0.2, 0) is 0 Å². The lowest BCUT2D eigenvalue weighted by molar-refractivity contribution is 0.685. The molecule has 0 radical (unpaired) electrons. The molecule has 4 N–H and O–H groups in total. The highest BCUT2D eigenvalue weighted by atomic mass is 16.2. The lowest BCUT2D eigenvalue weighted by Crippen LogP contribution is -2.29. The van der Waals surface area contributed by atoms with Gasteiger partial charge in [0.1, 0.15) is 5.82 Å². The Morgan fingerprint density at radius 1 is 1.50 bits per heavy atom. The summed E-state index contributed by atoms with van der Waals surface area (Å²) in [6.07, 6.45) is 0. The van der Waals surface area contributed by atoms with Gasteiger partial charge in [0.25, 0.3) is 0 Å². The number of aromatic amines is 2. The van der Waals surface area contributed by atoms with Crippen LogP contribution in [-0.4, -0.2) is 21.5 Å². The van der Waals surface area contributed by atoms with Crippen LogP contribution < -0.4 is 17.1 Å². The van der Waals surface area contributed by atoms with Gasteiger partial charge >= 0.3 is 11.4 Å². The van der Waals surface area contributed by atoms with Gasteiger partial charge in [-0.1, -0.05) is 6.92 Å². The van der Waals surface area contributed by atoms with Gasteiger partial charge in [0, 0.05) is 12.5 Å². The zero-order valence-corrected chi connectivity index (χ0v) is 6.63. The second-order valence-electron chi connectivity index (χ2n) is 2.52. The van der Waals surface area contributed by atoms with Gasteiger partial charge in [0.2, 0.25) is 0 Å². The third-order valence-corrected chi connectivity index (χ3v) is 1.50. The molecule has 1 aromatic rings. The number of nitrogens with zero attached hydrogens (tertiary/aromatic N) is 1. The maximum Gasteiger partial charge on any atom is 0.350 e. The minimum atomic E-state index is -0.644. The summed E-state index contributed by atoms with van der Waals surface area (Å²) in [6, 6.07) is 0. The minimum absolute atomic E-state index is 0.111. The topological polar surface area (TPSA) is 105 Å². The lowest BCUT2D eigenvalue weighted by Gasteiger charge is -2.04. The van der Waals surface area contributed by atoms with Crippen molar-refractivity contribution in [3.8, 4) is 0 Å². The average molecular weight is 170 g/mol. The van der Waals surface area contributed by atoms with Crippen molar-refractivity contribution < 1.29 is 0 Å². The van der Waals surface area contributed by atoms with Gasteiger partial charge in [-0.2, -0.15) is 4.98 Å². The Kier molecular flexibility index (Phi) is 2.39. The average Bonchev–Trinajstić information content (AvgIpc) is 2.01. The van der Waals surface area contributed by atoms with Crippen LogP contribution in [0, 0.1) is 0 Å². The number of nitrogens with two attached hydrogens (primary N) is 1. The molecule has 0 spiro atoms. The summed E-state index contributed by atoms with van der Waals surface area (Å²) < 4.78 is 0. The van der Waals surface area contributed by atoms with Crippen molar-refractivity contribution in [3.63, 3.8) is 0 Å². The predicted molar refractivity (Wildman–Crippen MR) is 42.9 cm³/mol. The highest BCUT2D eigenvalue weighted by molar-refractivity contribution is 4.91. The first kappa shape index (κ1) is 8.66. The van der Waals surface area contributed by atoms with Gasteiger partial charge < -0.3 is 5.73 Å². The molecule has 0 aliphatic rings. The van der Waals surface area contributed by atoms with Crippen LogP contribution in [0.4, 0.5) is 0 Å². The van der Waals surface area contributed by atoms with E-state index in [1.54, 1.807) is 6.92 Å². The SMILES string of the molecule is CC(CN)c1nc(=O)[nH]c(=O)[nH]1. The molecule has 0 aromatic carbocycles. The van der Waals surface area contributed by atoms with E-state index in [9.17, 15) is 9.59 Å². The van der Waals surface area contributed by atoms with Crippen molar-refractivity contribution in [1.82, 2.24) is 15.0 Å². The molecule has 0 fully saturated rings. The van der Waals surface area contributed by atoms with Crippen molar-refractivity contribution in [2.75, 3.05) is 6.54 Å². The fourth-order valence-corrected chi connectivity index (χ4v) is 0.755. The number of hydrogen-bond acceptors (Lipinski definition) is 4. The standard InChI is InChI=1S/C6H10N4O2/c1-3(2-7)4-8-5(11)10-6(12)9-4/h3H,2,7H2,1H3,(H2,8,9,10,11,12). The largest absolute Gasteiger partial charge is 0.350 e. The Balaban J connectivity index is 3.17. The molecule has 0 aliphatic carbocycles. The Hall–Kier alpha value is -1.43. The second-order valence-corrected chi connectivity index (χ2v) is 2.52. The van der Waals surface area contributed by atoms with Crippen molar-refractivity contribution in [2.45, 2.75) is 12.8 Å². The Morgan fingerprint density at radius 2 is 2.17 bits per heavy atom. The van der Waals surface area contributed by atoms with Crippen LogP contribution in [0.1, 0.15) is 18.7 Å². The summed E-state index contributed by atoms with van der Waals surface area (Å²) in [5, 5.41) is 0. The summed E-state index contributed by atoms with van der Waals surface area (Å²) in [5.41, 5.74) is 4.13. The molecule has 1 heterocycles. The van der Waals surface area contributed by atoms with Gasteiger partial charge in [-0.25, -0.2) is 9.59 Å². The fourth-order valence-electron chi connectivity index (χ4n) is 0.755. The van der Waals surface area contributed by atoms with E-state index in [-0.39, 0.29) is 5.92 Å². The van der Waals surface area contributed by atoms with Crippen LogP contribution in [0.15, 0.2) is 9.59 Å². The van der Waals surface area contributed by atoms with Crippen LogP contribution in [0.25, 0.3) is 0 Å². The molecular formula is C6H10N4O2. The zero-order valence-electron chi connectivity index (χ0n) is 6.63. The van der Waals surface area contributed by atoms with Crippen LogP contribution in [0.3, 0.4) is 0 Å². The van der Waals surface area contributed by atoms with Gasteiger partial charge in [0.05, 0.1) is 0 Å². The van der Waals surface area contributed by atoms with Crippen LogP contribution in [0.5, 0.6) is 0 Å². The van der Waals surface area contributed by atoms with E-state index in [0.29, 0.717) is 12.4 Å². The van der Waals surface area contributed by atoms with E-state index >= 15 is 0 Å². The van der Waals surface area contributed by atoms with Gasteiger partial charge in [0.15, 0.2) is 0 Å². The normalized spacial score (nSPS) is 12.8. The van der Waals surface area contributed by atoms with E-state index in [1.165, 1.54) is 0 Å². The molecule has 0 saturated carbocycles. The smallest absolute Gasteiger partial charge is 0.330 e. The summed E-state index contributed by atoms with van der Waals surface area (Å²) in [5.74, 6) is 0.214. The summed E-state index contributed by atoms with van der Waals surface area (Å²) in [6.45, 7) is 2.12. The summed E-state index contributed by atoms with van der Waals surface area (Å²) in [4.78, 5) is 29.4. The molecule has 66 valence electrons. The molecule has 6 nitrogen and oxygen atoms in total. The number of aromatic nitrogens is 3. The maximum atomic E-state index is 10.7. The Bertz CT molecular complexity index is 338. The third kappa shape index (κ3) is 1.79. The summed E-state index contributed by atoms with van der Waals surface area (Å²) in [7, 11) is 0. The van der Waals surface area contributed by atoms with Gasteiger partial charge in [-0.15, -0.1) is 0 Å². The van der Waals surface area contributed by atoms with E-state index in [1.807, 2.05) is 4.98 Å². The molecule has 1 atom stereocenters. The van der Waals surface area contributed by atoms with Crippen molar-refractivity contribution in [3.05, 3.63) is 26.8 Å². The number of hydrogen-bond donors (Lipinski definition) is 3. The molecular weight excluding hydrogens is 160 g/mol. The monoisotopic (exact) mass is 170 g/mol. The number of nitrogens with one attached hydrogen (secondary N) is 2.